The average Bonchev–Trinajstić information content (AvgIpc) is 2.68. The summed E-state index contributed by atoms with van der Waals surface area (Å²) in [6.07, 6.45) is -2.11. The van der Waals surface area contributed by atoms with Crippen LogP contribution in [0.5, 0.6) is 0 Å². The Morgan fingerprint density at radius 2 is 1.74 bits per heavy atom. The van der Waals surface area contributed by atoms with E-state index in [-0.39, 0.29) is 11.4 Å². The molecule has 1 fully saturated rings. The van der Waals surface area contributed by atoms with E-state index in [9.17, 15) is 22.8 Å². The second-order valence-corrected chi connectivity index (χ2v) is 6.06. The zero-order valence-corrected chi connectivity index (χ0v) is 14.2. The number of nitrogens with one attached hydrogen (secondary N) is 1. The predicted molar refractivity (Wildman–Crippen MR) is 93.5 cm³/mol. The number of anilines is 2. The maximum Gasteiger partial charge on any atom is 0.416 e. The van der Waals surface area contributed by atoms with Crippen LogP contribution in [0.25, 0.3) is 0 Å². The fourth-order valence-electron chi connectivity index (χ4n) is 2.76. The number of alkyl halides is 3. The van der Waals surface area contributed by atoms with Crippen molar-refractivity contribution in [3.05, 3.63) is 53.9 Å². The van der Waals surface area contributed by atoms with Gasteiger partial charge in [0.1, 0.15) is 5.69 Å². The highest BCUT2D eigenvalue weighted by Crippen LogP contribution is 2.29. The Morgan fingerprint density at radius 1 is 1.07 bits per heavy atom. The van der Waals surface area contributed by atoms with E-state index in [4.69, 9.17) is 0 Å². The van der Waals surface area contributed by atoms with Crippen LogP contribution >= 0.6 is 0 Å². The molecule has 1 aromatic carbocycles. The van der Waals surface area contributed by atoms with E-state index < -0.39 is 17.6 Å². The standard InChI is InChI=1S/C18H17F3N4O2/c19-18(20,21)13-1-3-14(4-2-13)23-17(27)16-11-15(5-6-22-16)25-9-7-24(12-26)8-10-25/h1-6,11-12H,7-10H2,(H,23,27). The summed E-state index contributed by atoms with van der Waals surface area (Å²) < 4.78 is 37.8. The zero-order chi connectivity index (χ0) is 19.4. The minimum atomic E-state index is -4.42. The van der Waals surface area contributed by atoms with Crippen LogP contribution in [0.3, 0.4) is 0 Å². The Morgan fingerprint density at radius 3 is 2.33 bits per heavy atom. The number of aromatic nitrogens is 1. The second kappa shape index (κ2) is 7.65. The predicted octanol–water partition coefficient (Wildman–Crippen LogP) is 2.63. The lowest BCUT2D eigenvalue weighted by Crippen LogP contribution is -2.45. The van der Waals surface area contributed by atoms with Crippen LogP contribution in [0.2, 0.25) is 0 Å². The van der Waals surface area contributed by atoms with Crippen molar-refractivity contribution >= 4 is 23.7 Å². The van der Waals surface area contributed by atoms with Gasteiger partial charge in [-0.25, -0.2) is 0 Å². The average molecular weight is 378 g/mol. The number of hydrogen-bond acceptors (Lipinski definition) is 4. The highest BCUT2D eigenvalue weighted by atomic mass is 19.4. The fourth-order valence-corrected chi connectivity index (χ4v) is 2.76. The first-order valence-electron chi connectivity index (χ1n) is 8.26. The van der Waals surface area contributed by atoms with Crippen LogP contribution in [0.1, 0.15) is 16.1 Å². The van der Waals surface area contributed by atoms with Gasteiger partial charge in [0.25, 0.3) is 5.91 Å². The number of carbonyl (C=O) groups excluding carboxylic acids is 2. The molecule has 0 aliphatic carbocycles. The molecule has 0 unspecified atom stereocenters. The normalized spacial score (nSPS) is 14.8. The summed E-state index contributed by atoms with van der Waals surface area (Å²) in [5, 5.41) is 2.54. The van der Waals surface area contributed by atoms with Gasteiger partial charge in [-0.2, -0.15) is 13.2 Å². The number of hydrogen-bond donors (Lipinski definition) is 1. The van der Waals surface area contributed by atoms with Gasteiger partial charge in [0.05, 0.1) is 5.56 Å². The van der Waals surface area contributed by atoms with E-state index >= 15 is 0 Å². The molecule has 6 nitrogen and oxygen atoms in total. The van der Waals surface area contributed by atoms with Crippen molar-refractivity contribution in [2.45, 2.75) is 6.18 Å². The number of carbonyl (C=O) groups is 2. The first-order valence-corrected chi connectivity index (χ1v) is 8.26. The molecule has 0 bridgehead atoms. The molecule has 27 heavy (non-hydrogen) atoms. The molecule has 0 radical (unpaired) electrons. The Hall–Kier alpha value is -3.10. The van der Waals surface area contributed by atoms with Crippen LogP contribution in [0.4, 0.5) is 24.5 Å². The molecule has 1 N–H and O–H groups in total. The fraction of sp³-hybridized carbons (Fsp3) is 0.278. The highest BCUT2D eigenvalue weighted by molar-refractivity contribution is 6.03. The number of nitrogens with zero attached hydrogens (tertiary/aromatic N) is 3. The summed E-state index contributed by atoms with van der Waals surface area (Å²) in [5.74, 6) is -0.511. The van der Waals surface area contributed by atoms with Crippen molar-refractivity contribution in [3.8, 4) is 0 Å². The lowest BCUT2D eigenvalue weighted by Gasteiger charge is -2.34. The number of amides is 2. The molecule has 2 heterocycles. The molecule has 0 saturated carbocycles. The summed E-state index contributed by atoms with van der Waals surface area (Å²) in [5.41, 5.74) is 0.424. The van der Waals surface area contributed by atoms with Gasteiger partial charge in [-0.05, 0) is 36.4 Å². The number of pyridine rings is 1. The maximum atomic E-state index is 12.6. The molecule has 1 aliphatic heterocycles. The molecule has 1 aromatic heterocycles. The van der Waals surface area contributed by atoms with Crippen LogP contribution in [0, 0.1) is 0 Å². The molecule has 0 atom stereocenters. The Balaban J connectivity index is 1.68. The summed E-state index contributed by atoms with van der Waals surface area (Å²) in [7, 11) is 0. The summed E-state index contributed by atoms with van der Waals surface area (Å²) in [6.45, 7) is 2.48. The van der Waals surface area contributed by atoms with Gasteiger partial charge in [0.2, 0.25) is 6.41 Å². The van der Waals surface area contributed by atoms with Crippen molar-refractivity contribution in [3.63, 3.8) is 0 Å². The Kier molecular flexibility index (Phi) is 5.29. The molecule has 1 saturated heterocycles. The topological polar surface area (TPSA) is 65.5 Å². The van der Waals surface area contributed by atoms with Crippen LogP contribution in [-0.4, -0.2) is 48.4 Å². The van der Waals surface area contributed by atoms with Crippen molar-refractivity contribution < 1.29 is 22.8 Å². The lowest BCUT2D eigenvalue weighted by atomic mass is 10.2. The van der Waals surface area contributed by atoms with Crippen LogP contribution in [0.15, 0.2) is 42.6 Å². The third kappa shape index (κ3) is 4.55. The van der Waals surface area contributed by atoms with Gasteiger partial charge < -0.3 is 15.1 Å². The van der Waals surface area contributed by atoms with Gasteiger partial charge >= 0.3 is 6.18 Å². The van der Waals surface area contributed by atoms with E-state index in [2.05, 4.69) is 10.3 Å². The second-order valence-electron chi connectivity index (χ2n) is 6.06. The molecule has 3 rings (SSSR count). The minimum Gasteiger partial charge on any atom is -0.368 e. The summed E-state index contributed by atoms with van der Waals surface area (Å²) >= 11 is 0. The van der Waals surface area contributed by atoms with Crippen LogP contribution in [-0.2, 0) is 11.0 Å². The van der Waals surface area contributed by atoms with Gasteiger partial charge in [-0.15, -0.1) is 0 Å². The van der Waals surface area contributed by atoms with Gasteiger partial charge in [-0.1, -0.05) is 0 Å². The van der Waals surface area contributed by atoms with E-state index in [1.807, 2.05) is 4.90 Å². The van der Waals surface area contributed by atoms with Crippen molar-refractivity contribution in [1.82, 2.24) is 9.88 Å². The molecule has 1 aliphatic rings. The SMILES string of the molecule is O=CN1CCN(c2ccnc(C(=O)Nc3ccc(C(F)(F)F)cc3)c2)CC1. The number of piperazine rings is 1. The Bertz CT molecular complexity index is 816. The quantitative estimate of drug-likeness (QED) is 0.831. The van der Waals surface area contributed by atoms with E-state index in [0.717, 1.165) is 24.2 Å². The monoisotopic (exact) mass is 378 g/mol. The molecular formula is C18H17F3N4O2. The third-order valence-electron chi connectivity index (χ3n) is 4.27. The van der Waals surface area contributed by atoms with Gasteiger partial charge in [-0.3, -0.25) is 14.6 Å². The number of halogens is 3. The molecule has 2 amide bonds. The summed E-state index contributed by atoms with van der Waals surface area (Å²) in [6, 6.07) is 7.60. The van der Waals surface area contributed by atoms with Crippen molar-refractivity contribution in [1.29, 1.82) is 0 Å². The Labute approximate surface area is 153 Å². The highest BCUT2D eigenvalue weighted by Gasteiger charge is 2.30. The molecular weight excluding hydrogens is 361 g/mol. The zero-order valence-electron chi connectivity index (χ0n) is 14.2. The van der Waals surface area contributed by atoms with Crippen LogP contribution < -0.4 is 10.2 Å². The largest absolute Gasteiger partial charge is 0.416 e. The lowest BCUT2D eigenvalue weighted by molar-refractivity contribution is -0.137. The summed E-state index contributed by atoms with van der Waals surface area (Å²) in [4.78, 5) is 30.9. The molecule has 9 heteroatoms. The van der Waals surface area contributed by atoms with Gasteiger partial charge in [0.15, 0.2) is 0 Å². The van der Waals surface area contributed by atoms with Gasteiger partial charge in [0, 0.05) is 43.8 Å². The van der Waals surface area contributed by atoms with E-state index in [1.54, 1.807) is 17.0 Å². The van der Waals surface area contributed by atoms with Crippen molar-refractivity contribution in [2.24, 2.45) is 0 Å². The van der Waals surface area contributed by atoms with E-state index in [1.165, 1.54) is 18.3 Å². The number of benzene rings is 1. The minimum absolute atomic E-state index is 0.158. The van der Waals surface area contributed by atoms with E-state index in [0.29, 0.717) is 26.2 Å². The molecule has 2 aromatic rings. The first-order chi connectivity index (χ1) is 12.9. The number of rotatable bonds is 4. The van der Waals surface area contributed by atoms with Crippen molar-refractivity contribution in [2.75, 3.05) is 36.4 Å². The third-order valence-corrected chi connectivity index (χ3v) is 4.27. The molecule has 0 spiro atoms. The molecule has 142 valence electrons. The first kappa shape index (κ1) is 18.7. The smallest absolute Gasteiger partial charge is 0.368 e. The maximum absolute atomic E-state index is 12.6.